The average Bonchev–Trinajstić information content (AvgIpc) is 3.17. The van der Waals surface area contributed by atoms with E-state index >= 15 is 0 Å². The summed E-state index contributed by atoms with van der Waals surface area (Å²) in [6.45, 7) is 7.65. The first-order valence-electron chi connectivity index (χ1n) is 7.77. The number of nitrogens with zero attached hydrogens (tertiary/aromatic N) is 1. The highest BCUT2D eigenvalue weighted by Gasteiger charge is 2.34. The fourth-order valence-electron chi connectivity index (χ4n) is 3.70. The summed E-state index contributed by atoms with van der Waals surface area (Å²) >= 11 is 0. The average molecular weight is 236 g/mol. The maximum Gasteiger partial charge on any atom is 0.0223 e. The van der Waals surface area contributed by atoms with Crippen molar-refractivity contribution in [3.05, 3.63) is 0 Å². The fourth-order valence-corrected chi connectivity index (χ4v) is 3.70. The Balaban J connectivity index is 1.44. The molecule has 0 aromatic carbocycles. The quantitative estimate of drug-likeness (QED) is 0.810. The smallest absolute Gasteiger partial charge is 0.0223 e. The third-order valence-electron chi connectivity index (χ3n) is 5.13. The van der Waals surface area contributed by atoms with E-state index in [1.165, 1.54) is 64.7 Å². The fraction of sp³-hybridized carbons (Fsp3) is 1.00. The SMILES string of the molecule is CC1CCC(CN2CCNC(C3CC3)C2)CC1. The van der Waals surface area contributed by atoms with Crippen LogP contribution < -0.4 is 5.32 Å². The molecular weight excluding hydrogens is 208 g/mol. The van der Waals surface area contributed by atoms with Crippen molar-refractivity contribution >= 4 is 0 Å². The third kappa shape index (κ3) is 3.23. The number of hydrogen-bond acceptors (Lipinski definition) is 2. The van der Waals surface area contributed by atoms with E-state index in [0.717, 1.165) is 23.8 Å². The van der Waals surface area contributed by atoms with Crippen molar-refractivity contribution in [3.63, 3.8) is 0 Å². The van der Waals surface area contributed by atoms with Crippen LogP contribution in [0.15, 0.2) is 0 Å². The Morgan fingerprint density at radius 1 is 1.06 bits per heavy atom. The molecule has 98 valence electrons. The van der Waals surface area contributed by atoms with Crippen molar-refractivity contribution in [2.24, 2.45) is 17.8 Å². The van der Waals surface area contributed by atoms with E-state index in [2.05, 4.69) is 17.1 Å². The van der Waals surface area contributed by atoms with Crippen LogP contribution in [0.25, 0.3) is 0 Å². The molecule has 2 saturated carbocycles. The van der Waals surface area contributed by atoms with Gasteiger partial charge in [-0.2, -0.15) is 0 Å². The summed E-state index contributed by atoms with van der Waals surface area (Å²) in [5.41, 5.74) is 0. The van der Waals surface area contributed by atoms with Crippen molar-refractivity contribution in [1.82, 2.24) is 10.2 Å². The standard InChI is InChI=1S/C15H28N2/c1-12-2-4-13(5-3-12)10-17-9-8-16-15(11-17)14-6-7-14/h12-16H,2-11H2,1H3. The Morgan fingerprint density at radius 3 is 2.53 bits per heavy atom. The molecule has 3 rings (SSSR count). The van der Waals surface area contributed by atoms with Gasteiger partial charge in [0.2, 0.25) is 0 Å². The normalized spacial score (nSPS) is 40.4. The molecule has 0 aromatic rings. The lowest BCUT2D eigenvalue weighted by Gasteiger charge is -2.37. The van der Waals surface area contributed by atoms with E-state index in [1.54, 1.807) is 0 Å². The first kappa shape index (κ1) is 12.0. The Labute approximate surface area is 106 Å². The summed E-state index contributed by atoms with van der Waals surface area (Å²) in [6.07, 6.45) is 8.88. The largest absolute Gasteiger partial charge is 0.311 e. The number of hydrogen-bond donors (Lipinski definition) is 1. The monoisotopic (exact) mass is 236 g/mol. The zero-order valence-corrected chi connectivity index (χ0v) is 11.3. The van der Waals surface area contributed by atoms with Crippen LogP contribution in [-0.4, -0.2) is 37.1 Å². The van der Waals surface area contributed by atoms with Crippen LogP contribution in [-0.2, 0) is 0 Å². The van der Waals surface area contributed by atoms with Crippen LogP contribution in [0.2, 0.25) is 0 Å². The molecular formula is C15H28N2. The highest BCUT2D eigenvalue weighted by Crippen LogP contribution is 2.34. The molecule has 2 heteroatoms. The van der Waals surface area contributed by atoms with E-state index in [1.807, 2.05) is 0 Å². The van der Waals surface area contributed by atoms with Crippen LogP contribution in [0.1, 0.15) is 45.4 Å². The molecule has 1 heterocycles. The number of piperazine rings is 1. The molecule has 0 spiro atoms. The van der Waals surface area contributed by atoms with Gasteiger partial charge in [-0.1, -0.05) is 19.8 Å². The lowest BCUT2D eigenvalue weighted by Crippen LogP contribution is -2.52. The topological polar surface area (TPSA) is 15.3 Å². The van der Waals surface area contributed by atoms with E-state index in [4.69, 9.17) is 0 Å². The number of nitrogens with one attached hydrogen (secondary N) is 1. The van der Waals surface area contributed by atoms with Crippen LogP contribution in [0.3, 0.4) is 0 Å². The lowest BCUT2D eigenvalue weighted by atomic mass is 9.82. The second-order valence-corrected chi connectivity index (χ2v) is 6.78. The minimum Gasteiger partial charge on any atom is -0.311 e. The Kier molecular flexibility index (Phi) is 3.72. The van der Waals surface area contributed by atoms with Gasteiger partial charge in [-0.15, -0.1) is 0 Å². The van der Waals surface area contributed by atoms with E-state index < -0.39 is 0 Å². The Morgan fingerprint density at radius 2 is 1.82 bits per heavy atom. The minimum absolute atomic E-state index is 0.825. The zero-order valence-electron chi connectivity index (χ0n) is 11.3. The zero-order chi connectivity index (χ0) is 11.7. The van der Waals surface area contributed by atoms with Gasteiger partial charge in [0.1, 0.15) is 0 Å². The van der Waals surface area contributed by atoms with Crippen molar-refractivity contribution in [3.8, 4) is 0 Å². The highest BCUT2D eigenvalue weighted by molar-refractivity contribution is 4.91. The van der Waals surface area contributed by atoms with Crippen LogP contribution >= 0.6 is 0 Å². The Bertz CT molecular complexity index is 241. The molecule has 0 aromatic heterocycles. The maximum atomic E-state index is 3.71. The summed E-state index contributed by atoms with van der Waals surface area (Å²) in [5, 5.41) is 3.71. The molecule has 2 aliphatic carbocycles. The van der Waals surface area contributed by atoms with E-state index in [9.17, 15) is 0 Å². The van der Waals surface area contributed by atoms with Crippen molar-refractivity contribution in [2.45, 2.75) is 51.5 Å². The summed E-state index contributed by atoms with van der Waals surface area (Å²) in [4.78, 5) is 2.75. The van der Waals surface area contributed by atoms with E-state index in [-0.39, 0.29) is 0 Å². The van der Waals surface area contributed by atoms with Crippen LogP contribution in [0, 0.1) is 17.8 Å². The van der Waals surface area contributed by atoms with Crippen LogP contribution in [0.4, 0.5) is 0 Å². The molecule has 0 bridgehead atoms. The van der Waals surface area contributed by atoms with Gasteiger partial charge in [-0.05, 0) is 43.4 Å². The first-order chi connectivity index (χ1) is 8.31. The summed E-state index contributed by atoms with van der Waals surface area (Å²) in [6, 6.07) is 0.825. The van der Waals surface area contributed by atoms with Crippen molar-refractivity contribution < 1.29 is 0 Å². The minimum atomic E-state index is 0.825. The van der Waals surface area contributed by atoms with Gasteiger partial charge in [-0.3, -0.25) is 0 Å². The van der Waals surface area contributed by atoms with Crippen molar-refractivity contribution in [2.75, 3.05) is 26.2 Å². The molecule has 0 amide bonds. The van der Waals surface area contributed by atoms with Gasteiger partial charge >= 0.3 is 0 Å². The second-order valence-electron chi connectivity index (χ2n) is 6.78. The predicted molar refractivity (Wildman–Crippen MR) is 72.1 cm³/mol. The highest BCUT2D eigenvalue weighted by atomic mass is 15.2. The van der Waals surface area contributed by atoms with Gasteiger partial charge in [0.05, 0.1) is 0 Å². The predicted octanol–water partition coefficient (Wildman–Crippen LogP) is 2.50. The van der Waals surface area contributed by atoms with E-state index in [0.29, 0.717) is 0 Å². The second kappa shape index (κ2) is 5.27. The molecule has 3 aliphatic rings. The molecule has 1 unspecified atom stereocenters. The van der Waals surface area contributed by atoms with Crippen LogP contribution in [0.5, 0.6) is 0 Å². The lowest BCUT2D eigenvalue weighted by molar-refractivity contribution is 0.141. The molecule has 1 aliphatic heterocycles. The third-order valence-corrected chi connectivity index (χ3v) is 5.13. The molecule has 1 atom stereocenters. The molecule has 3 fully saturated rings. The first-order valence-corrected chi connectivity index (χ1v) is 7.77. The van der Waals surface area contributed by atoms with Gasteiger partial charge in [0, 0.05) is 32.2 Å². The summed E-state index contributed by atoms with van der Waals surface area (Å²) in [7, 11) is 0. The summed E-state index contributed by atoms with van der Waals surface area (Å²) < 4.78 is 0. The molecule has 17 heavy (non-hydrogen) atoms. The summed E-state index contributed by atoms with van der Waals surface area (Å²) in [5.74, 6) is 3.02. The molecule has 1 N–H and O–H groups in total. The molecule has 0 radical (unpaired) electrons. The van der Waals surface area contributed by atoms with Gasteiger partial charge in [-0.25, -0.2) is 0 Å². The number of rotatable bonds is 3. The molecule has 1 saturated heterocycles. The van der Waals surface area contributed by atoms with Gasteiger partial charge in [0.25, 0.3) is 0 Å². The molecule has 2 nitrogen and oxygen atoms in total. The van der Waals surface area contributed by atoms with Crippen molar-refractivity contribution in [1.29, 1.82) is 0 Å². The van der Waals surface area contributed by atoms with Gasteiger partial charge in [0.15, 0.2) is 0 Å². The Hall–Kier alpha value is -0.0800. The van der Waals surface area contributed by atoms with Gasteiger partial charge < -0.3 is 10.2 Å². The maximum absolute atomic E-state index is 3.71.